The van der Waals surface area contributed by atoms with Crippen LogP contribution in [0.25, 0.3) is 0 Å². The summed E-state index contributed by atoms with van der Waals surface area (Å²) >= 11 is 0. The minimum atomic E-state index is -0.561. The van der Waals surface area contributed by atoms with E-state index in [1.807, 2.05) is 11.0 Å². The summed E-state index contributed by atoms with van der Waals surface area (Å²) < 4.78 is 5.23. The first-order valence-corrected chi connectivity index (χ1v) is 7.62. The maximum Gasteiger partial charge on any atom is 0.407 e. The van der Waals surface area contributed by atoms with Gasteiger partial charge in [-0.25, -0.2) is 4.79 Å². The van der Waals surface area contributed by atoms with E-state index in [1.165, 1.54) is 12.1 Å². The lowest BCUT2D eigenvalue weighted by Crippen LogP contribution is -2.40. The Morgan fingerprint density at radius 3 is 2.79 bits per heavy atom. The summed E-state index contributed by atoms with van der Waals surface area (Å²) in [6, 6.07) is 6.12. The van der Waals surface area contributed by atoms with E-state index in [-0.39, 0.29) is 17.3 Å². The number of nitrogens with zero attached hydrogens (tertiary/aromatic N) is 3. The summed E-state index contributed by atoms with van der Waals surface area (Å²) in [5.74, 6) is 0. The number of rotatable bonds is 3. The van der Waals surface area contributed by atoms with E-state index in [4.69, 9.17) is 4.74 Å². The number of hydrogen-bond donors (Lipinski definition) is 1. The van der Waals surface area contributed by atoms with Crippen LogP contribution in [0.5, 0.6) is 0 Å². The largest absolute Gasteiger partial charge is 0.444 e. The van der Waals surface area contributed by atoms with Gasteiger partial charge in [-0.3, -0.25) is 10.1 Å². The second-order valence-corrected chi connectivity index (χ2v) is 6.65. The normalized spacial score (nSPS) is 17.2. The van der Waals surface area contributed by atoms with E-state index in [0.717, 1.165) is 0 Å². The predicted molar refractivity (Wildman–Crippen MR) is 87.8 cm³/mol. The topological polar surface area (TPSA) is 108 Å². The Morgan fingerprint density at radius 2 is 2.21 bits per heavy atom. The molecule has 0 unspecified atom stereocenters. The fourth-order valence-corrected chi connectivity index (χ4v) is 2.57. The van der Waals surface area contributed by atoms with Gasteiger partial charge in [-0.05, 0) is 33.3 Å². The molecule has 1 heterocycles. The second-order valence-electron chi connectivity index (χ2n) is 6.65. The smallest absolute Gasteiger partial charge is 0.407 e. The summed E-state index contributed by atoms with van der Waals surface area (Å²) in [4.78, 5) is 24.0. The molecule has 1 saturated heterocycles. The Hall–Kier alpha value is -2.82. The lowest BCUT2D eigenvalue weighted by molar-refractivity contribution is -0.384. The third kappa shape index (κ3) is 4.35. The van der Waals surface area contributed by atoms with Gasteiger partial charge in [-0.2, -0.15) is 5.26 Å². The SMILES string of the molecule is CC(C)(C)OC(=O)N[C@H]1CCN(c2ccc([N+](=O)[O-])cc2C#N)C1. The maximum atomic E-state index is 11.8. The number of carbonyl (C=O) groups excluding carboxylic acids is 1. The molecule has 1 aliphatic rings. The number of alkyl carbamates (subject to hydrolysis) is 1. The van der Waals surface area contributed by atoms with E-state index < -0.39 is 16.6 Å². The number of nitro benzene ring substituents is 1. The monoisotopic (exact) mass is 332 g/mol. The average molecular weight is 332 g/mol. The molecule has 0 aromatic heterocycles. The van der Waals surface area contributed by atoms with Crippen molar-refractivity contribution in [3.8, 4) is 6.07 Å². The Bertz CT molecular complexity index is 690. The van der Waals surface area contributed by atoms with E-state index in [9.17, 15) is 20.2 Å². The van der Waals surface area contributed by atoms with Crippen LogP contribution >= 0.6 is 0 Å². The number of anilines is 1. The minimum Gasteiger partial charge on any atom is -0.444 e. The Balaban J connectivity index is 2.04. The zero-order valence-corrected chi connectivity index (χ0v) is 13.9. The zero-order valence-electron chi connectivity index (χ0n) is 13.9. The van der Waals surface area contributed by atoms with Gasteiger partial charge in [0, 0.05) is 25.2 Å². The van der Waals surface area contributed by atoms with Crippen LogP contribution in [-0.4, -0.2) is 35.7 Å². The van der Waals surface area contributed by atoms with Crippen molar-refractivity contribution in [2.24, 2.45) is 0 Å². The van der Waals surface area contributed by atoms with Crippen LogP contribution in [0.2, 0.25) is 0 Å². The van der Waals surface area contributed by atoms with Crippen LogP contribution in [0.4, 0.5) is 16.2 Å². The summed E-state index contributed by atoms with van der Waals surface area (Å²) in [7, 11) is 0. The molecule has 0 aliphatic carbocycles. The number of carbonyl (C=O) groups is 1. The minimum absolute atomic E-state index is 0.0958. The molecule has 2 rings (SSSR count). The first-order chi connectivity index (χ1) is 11.2. The van der Waals surface area contributed by atoms with Crippen LogP contribution in [-0.2, 0) is 4.74 Å². The van der Waals surface area contributed by atoms with Crippen molar-refractivity contribution in [1.82, 2.24) is 5.32 Å². The number of nitriles is 1. The summed E-state index contributed by atoms with van der Waals surface area (Å²) in [5, 5.41) is 22.9. The summed E-state index contributed by atoms with van der Waals surface area (Å²) in [6.45, 7) is 6.55. The fourth-order valence-electron chi connectivity index (χ4n) is 2.57. The number of hydrogen-bond acceptors (Lipinski definition) is 6. The Morgan fingerprint density at radius 1 is 1.50 bits per heavy atom. The lowest BCUT2D eigenvalue weighted by Gasteiger charge is -2.22. The van der Waals surface area contributed by atoms with Crippen molar-refractivity contribution < 1.29 is 14.5 Å². The summed E-state index contributed by atoms with van der Waals surface area (Å²) in [6.07, 6.45) is 0.236. The highest BCUT2D eigenvalue weighted by molar-refractivity contribution is 5.69. The van der Waals surface area contributed by atoms with Gasteiger partial charge in [0.2, 0.25) is 0 Å². The maximum absolute atomic E-state index is 11.8. The van der Waals surface area contributed by atoms with Crippen molar-refractivity contribution in [2.75, 3.05) is 18.0 Å². The molecule has 1 N–H and O–H groups in total. The third-order valence-corrected chi connectivity index (χ3v) is 3.56. The molecule has 0 radical (unpaired) electrons. The molecule has 1 aromatic carbocycles. The van der Waals surface area contributed by atoms with Crippen molar-refractivity contribution in [3.05, 3.63) is 33.9 Å². The Labute approximate surface area is 140 Å². The lowest BCUT2D eigenvalue weighted by atomic mass is 10.1. The highest BCUT2D eigenvalue weighted by Gasteiger charge is 2.28. The van der Waals surface area contributed by atoms with Crippen LogP contribution < -0.4 is 10.2 Å². The first-order valence-electron chi connectivity index (χ1n) is 7.62. The predicted octanol–water partition coefficient (Wildman–Crippen LogP) is 2.57. The molecule has 8 nitrogen and oxygen atoms in total. The molecule has 1 fully saturated rings. The number of benzene rings is 1. The molecule has 1 atom stereocenters. The second kappa shape index (κ2) is 6.74. The number of amides is 1. The van der Waals surface area contributed by atoms with Crippen molar-refractivity contribution in [3.63, 3.8) is 0 Å². The zero-order chi connectivity index (χ0) is 17.9. The molecule has 24 heavy (non-hydrogen) atoms. The number of non-ortho nitro benzene ring substituents is 1. The van der Waals surface area contributed by atoms with Gasteiger partial charge < -0.3 is 15.0 Å². The standard InChI is InChI=1S/C16H20N4O4/c1-16(2,3)24-15(21)18-12-6-7-19(10-12)14-5-4-13(20(22)23)8-11(14)9-17/h4-5,8,12H,6-7,10H2,1-3H3,(H,18,21)/t12-/m0/s1. The van der Waals surface area contributed by atoms with E-state index >= 15 is 0 Å². The molecule has 1 amide bonds. The molecule has 1 aromatic rings. The van der Waals surface area contributed by atoms with Crippen molar-refractivity contribution in [2.45, 2.75) is 38.8 Å². The van der Waals surface area contributed by atoms with Crippen molar-refractivity contribution >= 4 is 17.5 Å². The van der Waals surface area contributed by atoms with Gasteiger partial charge in [0.25, 0.3) is 5.69 Å². The number of ether oxygens (including phenoxy) is 1. The van der Waals surface area contributed by atoms with Gasteiger partial charge in [-0.15, -0.1) is 0 Å². The average Bonchev–Trinajstić information content (AvgIpc) is 2.92. The van der Waals surface area contributed by atoms with E-state index in [0.29, 0.717) is 25.2 Å². The van der Waals surface area contributed by atoms with E-state index in [1.54, 1.807) is 26.8 Å². The highest BCUT2D eigenvalue weighted by Crippen LogP contribution is 2.28. The van der Waals surface area contributed by atoms with Gasteiger partial charge in [-0.1, -0.05) is 0 Å². The molecule has 1 aliphatic heterocycles. The van der Waals surface area contributed by atoms with Crippen LogP contribution in [0.3, 0.4) is 0 Å². The van der Waals surface area contributed by atoms with Gasteiger partial charge in [0.1, 0.15) is 11.7 Å². The molecular formula is C16H20N4O4. The van der Waals surface area contributed by atoms with Crippen LogP contribution in [0.1, 0.15) is 32.8 Å². The molecular weight excluding hydrogens is 312 g/mol. The first kappa shape index (κ1) is 17.5. The number of nitrogens with one attached hydrogen (secondary N) is 1. The molecule has 0 saturated carbocycles. The number of nitro groups is 1. The molecule has 8 heteroatoms. The van der Waals surface area contributed by atoms with Gasteiger partial charge in [0.05, 0.1) is 22.2 Å². The highest BCUT2D eigenvalue weighted by atomic mass is 16.6. The van der Waals surface area contributed by atoms with E-state index in [2.05, 4.69) is 5.32 Å². The fraction of sp³-hybridized carbons (Fsp3) is 0.500. The third-order valence-electron chi connectivity index (χ3n) is 3.56. The molecule has 0 spiro atoms. The van der Waals surface area contributed by atoms with Gasteiger partial charge >= 0.3 is 6.09 Å². The van der Waals surface area contributed by atoms with Gasteiger partial charge in [0.15, 0.2) is 0 Å². The van der Waals surface area contributed by atoms with Crippen LogP contribution in [0.15, 0.2) is 18.2 Å². The molecule has 0 bridgehead atoms. The van der Waals surface area contributed by atoms with Crippen molar-refractivity contribution in [1.29, 1.82) is 5.26 Å². The quantitative estimate of drug-likeness (QED) is 0.673. The summed E-state index contributed by atoms with van der Waals surface area (Å²) in [5.41, 5.74) is 0.214. The van der Waals surface area contributed by atoms with Crippen LogP contribution in [0, 0.1) is 21.4 Å². The Kier molecular flexibility index (Phi) is 4.93. The molecule has 128 valence electrons.